The van der Waals surface area contributed by atoms with Gasteiger partial charge < -0.3 is 9.47 Å². The van der Waals surface area contributed by atoms with Crippen molar-refractivity contribution < 1.29 is 14.3 Å². The summed E-state index contributed by atoms with van der Waals surface area (Å²) < 4.78 is 10.6. The van der Waals surface area contributed by atoms with Crippen molar-refractivity contribution in [3.05, 3.63) is 101 Å². The maximum Gasteiger partial charge on any atom is 0.274 e. The van der Waals surface area contributed by atoms with Gasteiger partial charge in [0.15, 0.2) is 0 Å². The van der Waals surface area contributed by atoms with Crippen LogP contribution in [0.2, 0.25) is 5.15 Å². The Morgan fingerprint density at radius 1 is 0.941 bits per heavy atom. The Morgan fingerprint density at radius 3 is 2.35 bits per heavy atom. The summed E-state index contributed by atoms with van der Waals surface area (Å²) in [5.41, 5.74) is 3.75. The normalized spacial score (nSPS) is 15.3. The zero-order chi connectivity index (χ0) is 23.7. The minimum Gasteiger partial charge on any atom is -0.497 e. The lowest BCUT2D eigenvalue weighted by atomic mass is 9.98. The number of nitrogens with zero attached hydrogens (tertiary/aromatic N) is 3. The predicted octanol–water partition coefficient (Wildman–Crippen LogP) is 5.90. The highest BCUT2D eigenvalue weighted by Crippen LogP contribution is 2.38. The van der Waals surface area contributed by atoms with Crippen LogP contribution in [-0.2, 0) is 0 Å². The van der Waals surface area contributed by atoms with Gasteiger partial charge in [-0.3, -0.25) is 4.79 Å². The molecular formula is C27H22ClN3O3. The lowest BCUT2D eigenvalue weighted by Gasteiger charge is -2.23. The summed E-state index contributed by atoms with van der Waals surface area (Å²) in [5.74, 6) is 1.28. The molecule has 4 aromatic rings. The highest BCUT2D eigenvalue weighted by molar-refractivity contribution is 6.30. The SMILES string of the molecule is COc1ccc(C2=NN(C(=O)c3ccccc3)C(c3cc4cc(OC)ccc4nc3Cl)C2)cc1. The molecule has 1 aliphatic heterocycles. The number of amides is 1. The van der Waals surface area contributed by atoms with E-state index in [1.165, 1.54) is 5.01 Å². The number of ether oxygens (including phenoxy) is 2. The molecule has 0 bridgehead atoms. The van der Waals surface area contributed by atoms with E-state index in [0.29, 0.717) is 17.1 Å². The second kappa shape index (κ2) is 9.15. The number of benzene rings is 3. The predicted molar refractivity (Wildman–Crippen MR) is 133 cm³/mol. The molecule has 0 saturated carbocycles. The average molecular weight is 472 g/mol. The molecular weight excluding hydrogens is 450 g/mol. The number of carbonyl (C=O) groups is 1. The molecule has 34 heavy (non-hydrogen) atoms. The van der Waals surface area contributed by atoms with Crippen LogP contribution >= 0.6 is 11.6 Å². The molecule has 1 amide bonds. The van der Waals surface area contributed by atoms with Crippen molar-refractivity contribution in [1.82, 2.24) is 9.99 Å². The zero-order valence-corrected chi connectivity index (χ0v) is 19.5. The number of aromatic nitrogens is 1. The third-order valence-electron chi connectivity index (χ3n) is 5.92. The molecule has 7 heteroatoms. The van der Waals surface area contributed by atoms with Gasteiger partial charge in [-0.05, 0) is 66.2 Å². The summed E-state index contributed by atoms with van der Waals surface area (Å²) in [4.78, 5) is 18.1. The summed E-state index contributed by atoms with van der Waals surface area (Å²) in [7, 11) is 3.25. The summed E-state index contributed by atoms with van der Waals surface area (Å²) >= 11 is 6.66. The maximum absolute atomic E-state index is 13.5. The van der Waals surface area contributed by atoms with Crippen molar-refractivity contribution in [2.45, 2.75) is 12.5 Å². The van der Waals surface area contributed by atoms with Crippen LogP contribution in [0.25, 0.3) is 10.9 Å². The Bertz CT molecular complexity index is 1390. The van der Waals surface area contributed by atoms with E-state index in [4.69, 9.17) is 26.2 Å². The minimum absolute atomic E-state index is 0.198. The molecule has 1 unspecified atom stereocenters. The Kier molecular flexibility index (Phi) is 5.90. The van der Waals surface area contributed by atoms with Gasteiger partial charge in [0, 0.05) is 22.9 Å². The molecule has 0 fully saturated rings. The maximum atomic E-state index is 13.5. The van der Waals surface area contributed by atoms with Crippen molar-refractivity contribution in [2.75, 3.05) is 14.2 Å². The van der Waals surface area contributed by atoms with E-state index in [0.717, 1.165) is 39.2 Å². The van der Waals surface area contributed by atoms with Gasteiger partial charge in [0.05, 0.1) is 31.5 Å². The largest absolute Gasteiger partial charge is 0.497 e. The Balaban J connectivity index is 1.59. The van der Waals surface area contributed by atoms with E-state index in [9.17, 15) is 4.79 Å². The lowest BCUT2D eigenvalue weighted by molar-refractivity contribution is 0.0711. The van der Waals surface area contributed by atoms with Crippen LogP contribution < -0.4 is 9.47 Å². The summed E-state index contributed by atoms with van der Waals surface area (Å²) in [5, 5.41) is 7.49. The molecule has 0 spiro atoms. The molecule has 1 aromatic heterocycles. The number of rotatable bonds is 5. The van der Waals surface area contributed by atoms with Gasteiger partial charge in [-0.25, -0.2) is 9.99 Å². The van der Waals surface area contributed by atoms with Gasteiger partial charge >= 0.3 is 0 Å². The molecule has 0 N–H and O–H groups in total. The average Bonchev–Trinajstić information content (AvgIpc) is 3.33. The third kappa shape index (κ3) is 4.08. The fourth-order valence-electron chi connectivity index (χ4n) is 4.12. The Labute approximate surface area is 202 Å². The number of hydrazone groups is 1. The number of hydrogen-bond acceptors (Lipinski definition) is 5. The fourth-order valence-corrected chi connectivity index (χ4v) is 4.39. The molecule has 1 atom stereocenters. The van der Waals surface area contributed by atoms with Crippen LogP contribution in [0.5, 0.6) is 11.5 Å². The van der Waals surface area contributed by atoms with E-state index in [1.807, 2.05) is 66.7 Å². The van der Waals surface area contributed by atoms with Crippen LogP contribution in [0.15, 0.2) is 84.0 Å². The Hall–Kier alpha value is -3.90. The molecule has 2 heterocycles. The van der Waals surface area contributed by atoms with Gasteiger partial charge in [0.25, 0.3) is 5.91 Å². The van der Waals surface area contributed by atoms with Gasteiger partial charge in [0.2, 0.25) is 0 Å². The fraction of sp³-hybridized carbons (Fsp3) is 0.148. The quantitative estimate of drug-likeness (QED) is 0.340. The molecule has 170 valence electrons. The molecule has 0 saturated heterocycles. The van der Waals surface area contributed by atoms with Gasteiger partial charge in [0.1, 0.15) is 16.7 Å². The second-order valence-electron chi connectivity index (χ2n) is 7.94. The van der Waals surface area contributed by atoms with Gasteiger partial charge in [-0.2, -0.15) is 5.10 Å². The standard InChI is InChI=1S/C27H22ClN3O3/c1-33-20-10-8-17(9-11-20)24-16-25(31(30-24)27(32)18-6-4-3-5-7-18)22-15-19-14-21(34-2)12-13-23(19)29-26(22)28/h3-15,25H,16H2,1-2H3. The van der Waals surface area contributed by atoms with E-state index in [2.05, 4.69) is 4.98 Å². The van der Waals surface area contributed by atoms with E-state index in [1.54, 1.807) is 26.4 Å². The van der Waals surface area contributed by atoms with E-state index >= 15 is 0 Å². The number of hydrogen-bond donors (Lipinski definition) is 0. The summed E-state index contributed by atoms with van der Waals surface area (Å²) in [6.07, 6.45) is 0.502. The first-order chi connectivity index (χ1) is 16.6. The number of methoxy groups -OCH3 is 2. The molecule has 5 rings (SSSR count). The van der Waals surface area contributed by atoms with Crippen LogP contribution in [0.1, 0.15) is 33.9 Å². The zero-order valence-electron chi connectivity index (χ0n) is 18.7. The van der Waals surface area contributed by atoms with Crippen molar-refractivity contribution >= 4 is 34.1 Å². The monoisotopic (exact) mass is 471 g/mol. The van der Waals surface area contributed by atoms with Crippen LogP contribution in [0.3, 0.4) is 0 Å². The van der Waals surface area contributed by atoms with Crippen molar-refractivity contribution in [3.8, 4) is 11.5 Å². The van der Waals surface area contributed by atoms with Crippen molar-refractivity contribution in [3.63, 3.8) is 0 Å². The number of halogens is 1. The van der Waals surface area contributed by atoms with Crippen molar-refractivity contribution in [2.24, 2.45) is 5.10 Å². The molecule has 1 aliphatic rings. The van der Waals surface area contributed by atoms with E-state index < -0.39 is 6.04 Å². The first kappa shape index (κ1) is 21.9. The number of carbonyl (C=O) groups excluding carboxylic acids is 1. The lowest BCUT2D eigenvalue weighted by Crippen LogP contribution is -2.27. The second-order valence-corrected chi connectivity index (χ2v) is 8.30. The highest BCUT2D eigenvalue weighted by atomic mass is 35.5. The molecule has 0 radical (unpaired) electrons. The van der Waals surface area contributed by atoms with Gasteiger partial charge in [-0.1, -0.05) is 29.8 Å². The smallest absolute Gasteiger partial charge is 0.274 e. The third-order valence-corrected chi connectivity index (χ3v) is 6.23. The molecule has 6 nitrogen and oxygen atoms in total. The van der Waals surface area contributed by atoms with Crippen LogP contribution in [0.4, 0.5) is 0 Å². The first-order valence-corrected chi connectivity index (χ1v) is 11.2. The van der Waals surface area contributed by atoms with Crippen molar-refractivity contribution in [1.29, 1.82) is 0 Å². The summed E-state index contributed by atoms with van der Waals surface area (Å²) in [6, 6.07) is 23.9. The number of fused-ring (bicyclic) bond motifs is 1. The molecule has 0 aliphatic carbocycles. The van der Waals surface area contributed by atoms with Crippen LogP contribution in [-0.4, -0.2) is 35.8 Å². The Morgan fingerprint density at radius 2 is 1.65 bits per heavy atom. The number of pyridine rings is 1. The van der Waals surface area contributed by atoms with Gasteiger partial charge in [-0.15, -0.1) is 0 Å². The first-order valence-electron chi connectivity index (χ1n) is 10.8. The summed E-state index contributed by atoms with van der Waals surface area (Å²) in [6.45, 7) is 0. The topological polar surface area (TPSA) is 64.0 Å². The minimum atomic E-state index is -0.402. The molecule has 3 aromatic carbocycles. The highest BCUT2D eigenvalue weighted by Gasteiger charge is 2.35. The van der Waals surface area contributed by atoms with E-state index in [-0.39, 0.29) is 5.91 Å². The van der Waals surface area contributed by atoms with Crippen LogP contribution in [0, 0.1) is 0 Å².